The highest BCUT2D eigenvalue weighted by Gasteiger charge is 2.10. The minimum absolute atomic E-state index is 0.162. The first-order valence-electron chi connectivity index (χ1n) is 5.09. The average Bonchev–Trinajstić information content (AvgIpc) is 2.60. The fourth-order valence-corrected chi connectivity index (χ4v) is 1.74. The summed E-state index contributed by atoms with van der Waals surface area (Å²) in [6, 6.07) is 3.51. The molecule has 0 spiro atoms. The number of H-pyrrole nitrogens is 1. The van der Waals surface area contributed by atoms with Crippen molar-refractivity contribution in [3.05, 3.63) is 35.3 Å². The van der Waals surface area contributed by atoms with E-state index >= 15 is 0 Å². The molecule has 2 aromatic rings. The number of halogens is 1. The highest BCUT2D eigenvalue weighted by atomic mass is 19.1. The second kappa shape index (κ2) is 3.96. The molecule has 0 unspecified atom stereocenters. The van der Waals surface area contributed by atoms with Gasteiger partial charge in [-0.25, -0.2) is 4.39 Å². The Morgan fingerprint density at radius 3 is 2.94 bits per heavy atom. The molecule has 1 aromatic heterocycles. The van der Waals surface area contributed by atoms with E-state index in [4.69, 9.17) is 0 Å². The van der Waals surface area contributed by atoms with E-state index in [-0.39, 0.29) is 18.3 Å². The number of amides is 1. The number of nitrogens with one attached hydrogen (secondary N) is 2. The van der Waals surface area contributed by atoms with Gasteiger partial charge in [0.2, 0.25) is 5.91 Å². The molecule has 1 heterocycles. The standard InChI is InChI=1S/C12H13FN2O/c1-7-5-15-10-4-3-9(6-14-8(2)16)12(13)11(7)10/h3-5,15H,6H2,1-2H3,(H,14,16). The number of aromatic amines is 1. The third-order valence-corrected chi connectivity index (χ3v) is 2.59. The van der Waals surface area contributed by atoms with E-state index in [1.807, 2.05) is 13.0 Å². The first-order valence-corrected chi connectivity index (χ1v) is 5.09. The largest absolute Gasteiger partial charge is 0.361 e. The van der Waals surface area contributed by atoms with Gasteiger partial charge in [0.1, 0.15) is 5.82 Å². The van der Waals surface area contributed by atoms with Gasteiger partial charge in [-0.1, -0.05) is 6.07 Å². The van der Waals surface area contributed by atoms with Crippen LogP contribution in [0.25, 0.3) is 10.9 Å². The number of rotatable bonds is 2. The van der Waals surface area contributed by atoms with Crippen LogP contribution in [0.5, 0.6) is 0 Å². The maximum Gasteiger partial charge on any atom is 0.217 e. The summed E-state index contributed by atoms with van der Waals surface area (Å²) in [6.07, 6.45) is 1.77. The summed E-state index contributed by atoms with van der Waals surface area (Å²) >= 11 is 0. The van der Waals surface area contributed by atoms with Crippen LogP contribution in [0.2, 0.25) is 0 Å². The number of benzene rings is 1. The Morgan fingerprint density at radius 1 is 1.50 bits per heavy atom. The quantitative estimate of drug-likeness (QED) is 0.801. The van der Waals surface area contributed by atoms with Crippen LogP contribution >= 0.6 is 0 Å². The fraction of sp³-hybridized carbons (Fsp3) is 0.250. The van der Waals surface area contributed by atoms with E-state index in [0.717, 1.165) is 11.1 Å². The van der Waals surface area contributed by atoms with E-state index in [1.165, 1.54) is 6.92 Å². The maximum absolute atomic E-state index is 14.0. The van der Waals surface area contributed by atoms with Crippen LogP contribution in [0.1, 0.15) is 18.1 Å². The van der Waals surface area contributed by atoms with Crippen molar-refractivity contribution in [3.8, 4) is 0 Å². The van der Waals surface area contributed by atoms with Gasteiger partial charge < -0.3 is 10.3 Å². The maximum atomic E-state index is 14.0. The summed E-state index contributed by atoms with van der Waals surface area (Å²) in [5.41, 5.74) is 2.16. The number of aromatic nitrogens is 1. The van der Waals surface area contributed by atoms with Crippen molar-refractivity contribution in [3.63, 3.8) is 0 Å². The predicted molar refractivity (Wildman–Crippen MR) is 60.5 cm³/mol. The summed E-state index contributed by atoms with van der Waals surface area (Å²) in [4.78, 5) is 13.8. The Hall–Kier alpha value is -1.84. The molecule has 3 nitrogen and oxygen atoms in total. The van der Waals surface area contributed by atoms with E-state index in [0.29, 0.717) is 10.9 Å². The fourth-order valence-electron chi connectivity index (χ4n) is 1.74. The second-order valence-electron chi connectivity index (χ2n) is 3.84. The van der Waals surface area contributed by atoms with Crippen LogP contribution in [0.15, 0.2) is 18.3 Å². The number of carbonyl (C=O) groups is 1. The summed E-state index contributed by atoms with van der Waals surface area (Å²) in [5, 5.41) is 3.19. The van der Waals surface area contributed by atoms with Crippen molar-refractivity contribution in [2.45, 2.75) is 20.4 Å². The SMILES string of the molecule is CC(=O)NCc1ccc2[nH]cc(C)c2c1F. The lowest BCUT2D eigenvalue weighted by atomic mass is 10.1. The Labute approximate surface area is 92.7 Å². The number of carbonyl (C=O) groups excluding carboxylic acids is 1. The number of hydrogen-bond donors (Lipinski definition) is 2. The molecule has 0 saturated heterocycles. The third kappa shape index (κ3) is 1.78. The molecule has 84 valence electrons. The van der Waals surface area contributed by atoms with Crippen molar-refractivity contribution in [2.24, 2.45) is 0 Å². The van der Waals surface area contributed by atoms with Crippen LogP contribution in [0, 0.1) is 12.7 Å². The summed E-state index contributed by atoms with van der Waals surface area (Å²) < 4.78 is 14.0. The van der Waals surface area contributed by atoms with Crippen molar-refractivity contribution in [2.75, 3.05) is 0 Å². The van der Waals surface area contributed by atoms with Crippen LogP contribution in [-0.4, -0.2) is 10.9 Å². The number of fused-ring (bicyclic) bond motifs is 1. The molecule has 2 rings (SSSR count). The zero-order chi connectivity index (χ0) is 11.7. The van der Waals surface area contributed by atoms with Crippen LogP contribution in [-0.2, 0) is 11.3 Å². The average molecular weight is 220 g/mol. The lowest BCUT2D eigenvalue weighted by Crippen LogP contribution is -2.19. The summed E-state index contributed by atoms with van der Waals surface area (Å²) in [5.74, 6) is -0.421. The molecule has 0 bridgehead atoms. The molecule has 0 aliphatic heterocycles. The van der Waals surface area contributed by atoms with E-state index < -0.39 is 0 Å². The minimum atomic E-state index is -0.259. The van der Waals surface area contributed by atoms with Gasteiger partial charge in [-0.15, -0.1) is 0 Å². The smallest absolute Gasteiger partial charge is 0.217 e. The molecule has 0 saturated carbocycles. The predicted octanol–water partition coefficient (Wildman–Crippen LogP) is 2.25. The Kier molecular flexibility index (Phi) is 2.64. The molecule has 0 fully saturated rings. The first kappa shape index (κ1) is 10.7. The topological polar surface area (TPSA) is 44.9 Å². The van der Waals surface area contributed by atoms with Gasteiger partial charge >= 0.3 is 0 Å². The molecule has 0 aliphatic rings. The molecule has 2 N–H and O–H groups in total. The van der Waals surface area contributed by atoms with Crippen molar-refractivity contribution >= 4 is 16.8 Å². The van der Waals surface area contributed by atoms with Gasteiger partial charge in [0.25, 0.3) is 0 Å². The van der Waals surface area contributed by atoms with Gasteiger partial charge in [0, 0.05) is 36.1 Å². The van der Waals surface area contributed by atoms with Gasteiger partial charge in [0.05, 0.1) is 0 Å². The Bertz CT molecular complexity index is 545. The summed E-state index contributed by atoms with van der Waals surface area (Å²) in [6.45, 7) is 3.49. The molecule has 0 aliphatic carbocycles. The zero-order valence-corrected chi connectivity index (χ0v) is 9.23. The molecule has 1 aromatic carbocycles. The van der Waals surface area contributed by atoms with Gasteiger partial charge in [-0.2, -0.15) is 0 Å². The van der Waals surface area contributed by atoms with Gasteiger partial charge in [0.15, 0.2) is 0 Å². The van der Waals surface area contributed by atoms with E-state index in [9.17, 15) is 9.18 Å². The third-order valence-electron chi connectivity index (χ3n) is 2.59. The van der Waals surface area contributed by atoms with Crippen molar-refractivity contribution in [1.82, 2.24) is 10.3 Å². The zero-order valence-electron chi connectivity index (χ0n) is 9.23. The minimum Gasteiger partial charge on any atom is -0.361 e. The second-order valence-corrected chi connectivity index (χ2v) is 3.84. The molecule has 16 heavy (non-hydrogen) atoms. The van der Waals surface area contributed by atoms with Crippen LogP contribution < -0.4 is 5.32 Å². The van der Waals surface area contributed by atoms with E-state index in [1.54, 1.807) is 12.3 Å². The monoisotopic (exact) mass is 220 g/mol. The first-order chi connectivity index (χ1) is 7.59. The van der Waals surface area contributed by atoms with Crippen molar-refractivity contribution in [1.29, 1.82) is 0 Å². The Morgan fingerprint density at radius 2 is 2.25 bits per heavy atom. The molecular weight excluding hydrogens is 207 g/mol. The van der Waals surface area contributed by atoms with Gasteiger partial charge in [-0.3, -0.25) is 4.79 Å². The molecule has 0 atom stereocenters. The molecule has 0 radical (unpaired) electrons. The van der Waals surface area contributed by atoms with E-state index in [2.05, 4.69) is 10.3 Å². The van der Waals surface area contributed by atoms with Crippen molar-refractivity contribution < 1.29 is 9.18 Å². The highest BCUT2D eigenvalue weighted by molar-refractivity contribution is 5.84. The van der Waals surface area contributed by atoms with Gasteiger partial charge in [-0.05, 0) is 18.6 Å². The lowest BCUT2D eigenvalue weighted by molar-refractivity contribution is -0.119. The van der Waals surface area contributed by atoms with Crippen LogP contribution in [0.3, 0.4) is 0 Å². The lowest BCUT2D eigenvalue weighted by Gasteiger charge is -2.05. The molecular formula is C12H13FN2O. The molecule has 4 heteroatoms. The highest BCUT2D eigenvalue weighted by Crippen LogP contribution is 2.23. The Balaban J connectivity index is 2.43. The van der Waals surface area contributed by atoms with Crippen LogP contribution in [0.4, 0.5) is 4.39 Å². The summed E-state index contributed by atoms with van der Waals surface area (Å²) in [7, 11) is 0. The number of hydrogen-bond acceptors (Lipinski definition) is 1. The normalized spacial score (nSPS) is 10.7. The molecule has 1 amide bonds. The number of aryl methyl sites for hydroxylation is 1.